The van der Waals surface area contributed by atoms with Crippen LogP contribution < -0.4 is 5.32 Å². The van der Waals surface area contributed by atoms with Gasteiger partial charge < -0.3 is 19.8 Å². The maximum Gasteiger partial charge on any atom is 0.416 e. The van der Waals surface area contributed by atoms with E-state index in [9.17, 15) is 13.2 Å². The largest absolute Gasteiger partial charge is 0.416 e. The number of halogens is 3. The molecule has 1 unspecified atom stereocenters. The van der Waals surface area contributed by atoms with E-state index in [1.807, 2.05) is 4.90 Å². The molecule has 0 aromatic heterocycles. The Bertz CT molecular complexity index is 660. The summed E-state index contributed by atoms with van der Waals surface area (Å²) in [5.74, 6) is 0. The molecule has 0 spiro atoms. The van der Waals surface area contributed by atoms with E-state index in [0.717, 1.165) is 25.2 Å². The molecule has 2 aliphatic heterocycles. The maximum atomic E-state index is 12.8. The summed E-state index contributed by atoms with van der Waals surface area (Å²) >= 11 is 5.33. The summed E-state index contributed by atoms with van der Waals surface area (Å²) in [6.45, 7) is 3.21. The Labute approximate surface area is 148 Å². The first-order valence-corrected chi connectivity index (χ1v) is 8.35. The van der Waals surface area contributed by atoms with Crippen molar-refractivity contribution in [2.24, 2.45) is 5.16 Å². The molecule has 0 saturated carbocycles. The number of benzene rings is 1. The van der Waals surface area contributed by atoms with Gasteiger partial charge in [-0.25, -0.2) is 0 Å². The molecule has 0 amide bonds. The molecular weight excluding hydrogens is 355 g/mol. The molecule has 1 aromatic rings. The van der Waals surface area contributed by atoms with Crippen LogP contribution in [-0.4, -0.2) is 54.7 Å². The molecule has 1 atom stereocenters. The average molecular weight is 373 g/mol. The highest BCUT2D eigenvalue weighted by molar-refractivity contribution is 7.80. The van der Waals surface area contributed by atoms with Crippen molar-refractivity contribution in [1.29, 1.82) is 0 Å². The fraction of sp³-hybridized carbons (Fsp3) is 0.500. The molecule has 0 bridgehead atoms. The first kappa shape index (κ1) is 17.9. The van der Waals surface area contributed by atoms with Gasteiger partial charge in [0.2, 0.25) is 0 Å². The van der Waals surface area contributed by atoms with Crippen LogP contribution in [-0.2, 0) is 15.8 Å². The van der Waals surface area contributed by atoms with Crippen LogP contribution in [0.3, 0.4) is 0 Å². The van der Waals surface area contributed by atoms with Crippen LogP contribution in [0.2, 0.25) is 0 Å². The number of hydrogen-bond acceptors (Lipinski definition) is 4. The number of alkyl halides is 3. The van der Waals surface area contributed by atoms with E-state index in [1.54, 1.807) is 6.07 Å². The molecule has 0 radical (unpaired) electrons. The number of hydrogen-bond donors (Lipinski definition) is 1. The highest BCUT2D eigenvalue weighted by atomic mass is 32.1. The third-order valence-electron chi connectivity index (χ3n) is 4.04. The SMILES string of the molecule is FC(F)(F)c1cccc(C2=NOC(CNC(=S)N3CCOCC3)C2)c1. The Balaban J connectivity index is 1.52. The third-order valence-corrected chi connectivity index (χ3v) is 4.44. The van der Waals surface area contributed by atoms with Crippen LogP contribution >= 0.6 is 12.2 Å². The molecule has 1 fully saturated rings. The van der Waals surface area contributed by atoms with Crippen molar-refractivity contribution in [2.75, 3.05) is 32.8 Å². The van der Waals surface area contributed by atoms with Crippen LogP contribution in [0.4, 0.5) is 13.2 Å². The summed E-state index contributed by atoms with van der Waals surface area (Å²) in [5, 5.41) is 7.68. The minimum absolute atomic E-state index is 0.261. The molecule has 0 aliphatic carbocycles. The molecule has 2 heterocycles. The predicted octanol–water partition coefficient (Wildman–Crippen LogP) is 2.41. The predicted molar refractivity (Wildman–Crippen MR) is 90.5 cm³/mol. The van der Waals surface area contributed by atoms with Gasteiger partial charge in [-0.15, -0.1) is 0 Å². The Morgan fingerprint density at radius 3 is 2.80 bits per heavy atom. The second-order valence-corrected chi connectivity index (χ2v) is 6.22. The summed E-state index contributed by atoms with van der Waals surface area (Å²) in [6, 6.07) is 5.11. The standard InChI is InChI=1S/C16H18F3N3O2S/c17-16(18,19)12-3-1-2-11(8-12)14-9-13(24-21-14)10-20-15(25)22-4-6-23-7-5-22/h1-3,8,13H,4-7,9-10H2,(H,20,25). The molecule has 1 saturated heterocycles. The van der Waals surface area contributed by atoms with Crippen molar-refractivity contribution in [3.05, 3.63) is 35.4 Å². The van der Waals surface area contributed by atoms with Gasteiger partial charge in [0, 0.05) is 25.1 Å². The summed E-state index contributed by atoms with van der Waals surface area (Å²) in [4.78, 5) is 7.34. The van der Waals surface area contributed by atoms with Gasteiger partial charge in [-0.1, -0.05) is 17.3 Å². The highest BCUT2D eigenvalue weighted by Gasteiger charge is 2.31. The molecule has 136 valence electrons. The van der Waals surface area contributed by atoms with Crippen LogP contribution in [0.1, 0.15) is 17.5 Å². The third kappa shape index (κ3) is 4.60. The summed E-state index contributed by atoms with van der Waals surface area (Å²) in [7, 11) is 0. The number of thiocarbonyl (C=S) groups is 1. The van der Waals surface area contributed by atoms with E-state index in [2.05, 4.69) is 10.5 Å². The van der Waals surface area contributed by atoms with Crippen LogP contribution in [0.5, 0.6) is 0 Å². The Kier molecular flexibility index (Phi) is 5.43. The number of morpholine rings is 1. The van der Waals surface area contributed by atoms with Crippen LogP contribution in [0, 0.1) is 0 Å². The van der Waals surface area contributed by atoms with Gasteiger partial charge in [0.25, 0.3) is 0 Å². The Hall–Kier alpha value is -1.87. The van der Waals surface area contributed by atoms with Gasteiger partial charge >= 0.3 is 6.18 Å². The summed E-state index contributed by atoms with van der Waals surface area (Å²) in [5.41, 5.74) is 0.242. The van der Waals surface area contributed by atoms with Gasteiger partial charge in [-0.05, 0) is 24.4 Å². The van der Waals surface area contributed by atoms with E-state index >= 15 is 0 Å². The van der Waals surface area contributed by atoms with E-state index in [-0.39, 0.29) is 6.10 Å². The molecule has 9 heteroatoms. The van der Waals surface area contributed by atoms with E-state index in [4.69, 9.17) is 21.8 Å². The van der Waals surface area contributed by atoms with Crippen molar-refractivity contribution >= 4 is 23.0 Å². The van der Waals surface area contributed by atoms with E-state index < -0.39 is 11.7 Å². The molecule has 2 aliphatic rings. The molecular formula is C16H18F3N3O2S. The minimum atomic E-state index is -4.37. The fourth-order valence-electron chi connectivity index (χ4n) is 2.66. The van der Waals surface area contributed by atoms with Gasteiger partial charge in [0.1, 0.15) is 6.10 Å². The first-order chi connectivity index (χ1) is 11.9. The smallest absolute Gasteiger partial charge is 0.390 e. The quantitative estimate of drug-likeness (QED) is 0.825. The highest BCUT2D eigenvalue weighted by Crippen LogP contribution is 2.30. The topological polar surface area (TPSA) is 46.1 Å². The molecule has 1 aromatic carbocycles. The zero-order valence-electron chi connectivity index (χ0n) is 13.4. The average Bonchev–Trinajstić information content (AvgIpc) is 3.09. The second-order valence-electron chi connectivity index (χ2n) is 5.83. The van der Waals surface area contributed by atoms with Crippen molar-refractivity contribution in [1.82, 2.24) is 10.2 Å². The minimum Gasteiger partial charge on any atom is -0.390 e. The van der Waals surface area contributed by atoms with Crippen molar-refractivity contribution in [2.45, 2.75) is 18.7 Å². The molecule has 1 N–H and O–H groups in total. The lowest BCUT2D eigenvalue weighted by Crippen LogP contribution is -2.47. The molecule has 25 heavy (non-hydrogen) atoms. The number of nitrogens with one attached hydrogen (secondary N) is 1. The van der Waals surface area contributed by atoms with Crippen molar-refractivity contribution in [3.63, 3.8) is 0 Å². The Morgan fingerprint density at radius 1 is 1.32 bits per heavy atom. The van der Waals surface area contributed by atoms with Crippen LogP contribution in [0.15, 0.2) is 29.4 Å². The van der Waals surface area contributed by atoms with Crippen LogP contribution in [0.25, 0.3) is 0 Å². The van der Waals surface area contributed by atoms with E-state index in [0.29, 0.717) is 42.6 Å². The number of ether oxygens (including phenoxy) is 1. The fourth-order valence-corrected chi connectivity index (χ4v) is 2.93. The second kappa shape index (κ2) is 7.57. The zero-order valence-corrected chi connectivity index (χ0v) is 14.2. The number of oxime groups is 1. The lowest BCUT2D eigenvalue weighted by Gasteiger charge is -2.29. The summed E-state index contributed by atoms with van der Waals surface area (Å²) < 4.78 is 43.7. The zero-order chi connectivity index (χ0) is 17.9. The Morgan fingerprint density at radius 2 is 2.08 bits per heavy atom. The normalized spacial score (nSPS) is 20.8. The van der Waals surface area contributed by atoms with Gasteiger partial charge in [0.15, 0.2) is 5.11 Å². The monoisotopic (exact) mass is 373 g/mol. The van der Waals surface area contributed by atoms with Crippen molar-refractivity contribution in [3.8, 4) is 0 Å². The maximum absolute atomic E-state index is 12.8. The number of nitrogens with zero attached hydrogens (tertiary/aromatic N) is 2. The van der Waals surface area contributed by atoms with Crippen molar-refractivity contribution < 1.29 is 22.7 Å². The summed E-state index contributed by atoms with van der Waals surface area (Å²) in [6.07, 6.45) is -4.20. The van der Waals surface area contributed by atoms with Gasteiger partial charge in [-0.2, -0.15) is 13.2 Å². The first-order valence-electron chi connectivity index (χ1n) is 7.94. The molecule has 3 rings (SSSR count). The molecule has 5 nitrogen and oxygen atoms in total. The number of rotatable bonds is 3. The van der Waals surface area contributed by atoms with Gasteiger partial charge in [-0.3, -0.25) is 0 Å². The van der Waals surface area contributed by atoms with E-state index in [1.165, 1.54) is 6.07 Å². The lowest BCUT2D eigenvalue weighted by atomic mass is 10.0. The van der Waals surface area contributed by atoms with Gasteiger partial charge in [0.05, 0.1) is 31.0 Å². The lowest BCUT2D eigenvalue weighted by molar-refractivity contribution is -0.137.